The third-order valence-corrected chi connectivity index (χ3v) is 3.89. The lowest BCUT2D eigenvalue weighted by Crippen LogP contribution is -2.06. The molecule has 0 spiro atoms. The molecule has 3 rings (SSSR count). The quantitative estimate of drug-likeness (QED) is 0.624. The van der Waals surface area contributed by atoms with Gasteiger partial charge in [-0.15, -0.1) is 0 Å². The van der Waals surface area contributed by atoms with Crippen LogP contribution in [0.15, 0.2) is 54.9 Å². The summed E-state index contributed by atoms with van der Waals surface area (Å²) in [6.45, 7) is 2.11. The highest BCUT2D eigenvalue weighted by Crippen LogP contribution is 2.29. The smallest absolute Gasteiger partial charge is 0.159 e. The lowest BCUT2D eigenvalue weighted by molar-refractivity contribution is 1.13. The van der Waals surface area contributed by atoms with Gasteiger partial charge in [-0.25, -0.2) is 9.97 Å². The SMILES string of the molecule is CCc1ccccc1Nc1ncnc(Nc2ccc(Cl)cc2)c1N. The number of nitrogens with two attached hydrogens (primary N) is 1. The predicted octanol–water partition coefficient (Wildman–Crippen LogP) is 4.76. The Labute approximate surface area is 145 Å². The topological polar surface area (TPSA) is 75.9 Å². The summed E-state index contributed by atoms with van der Waals surface area (Å²) in [6, 6.07) is 15.4. The van der Waals surface area contributed by atoms with E-state index in [2.05, 4.69) is 33.6 Å². The molecule has 0 radical (unpaired) electrons. The molecule has 122 valence electrons. The molecule has 1 heterocycles. The fraction of sp³-hybridized carbons (Fsp3) is 0.111. The number of aryl methyl sites for hydroxylation is 1. The first-order valence-electron chi connectivity index (χ1n) is 7.65. The fourth-order valence-corrected chi connectivity index (χ4v) is 2.47. The van der Waals surface area contributed by atoms with Crippen LogP contribution < -0.4 is 16.4 Å². The molecule has 2 aromatic carbocycles. The van der Waals surface area contributed by atoms with Gasteiger partial charge in [0.2, 0.25) is 0 Å². The minimum absolute atomic E-state index is 0.457. The van der Waals surface area contributed by atoms with Crippen LogP contribution in [0.3, 0.4) is 0 Å². The molecule has 0 saturated carbocycles. The molecule has 5 nitrogen and oxygen atoms in total. The highest BCUT2D eigenvalue weighted by atomic mass is 35.5. The van der Waals surface area contributed by atoms with Gasteiger partial charge in [-0.05, 0) is 42.3 Å². The summed E-state index contributed by atoms with van der Waals surface area (Å²) in [6.07, 6.45) is 2.40. The Balaban J connectivity index is 1.86. The molecular formula is C18H18ClN5. The van der Waals surface area contributed by atoms with Crippen LogP contribution in [0.2, 0.25) is 5.02 Å². The molecule has 0 aliphatic rings. The van der Waals surface area contributed by atoms with E-state index in [9.17, 15) is 0 Å². The van der Waals surface area contributed by atoms with Gasteiger partial charge in [0.1, 0.15) is 12.0 Å². The van der Waals surface area contributed by atoms with Crippen LogP contribution in [0.1, 0.15) is 12.5 Å². The first-order chi connectivity index (χ1) is 11.7. The minimum atomic E-state index is 0.457. The number of halogens is 1. The number of hydrogen-bond donors (Lipinski definition) is 3. The number of rotatable bonds is 5. The second-order valence-electron chi connectivity index (χ2n) is 5.25. The van der Waals surface area contributed by atoms with Crippen LogP contribution >= 0.6 is 11.6 Å². The third-order valence-electron chi connectivity index (χ3n) is 3.64. The van der Waals surface area contributed by atoms with Gasteiger partial charge in [-0.2, -0.15) is 0 Å². The zero-order valence-electron chi connectivity index (χ0n) is 13.3. The fourth-order valence-electron chi connectivity index (χ4n) is 2.34. The van der Waals surface area contributed by atoms with Gasteiger partial charge in [-0.1, -0.05) is 36.7 Å². The molecule has 3 aromatic rings. The van der Waals surface area contributed by atoms with Crippen molar-refractivity contribution in [3.8, 4) is 0 Å². The zero-order chi connectivity index (χ0) is 16.9. The molecule has 0 aliphatic heterocycles. The Kier molecular flexibility index (Phi) is 4.82. The molecule has 0 amide bonds. The maximum absolute atomic E-state index is 6.22. The van der Waals surface area contributed by atoms with E-state index in [1.165, 1.54) is 11.9 Å². The minimum Gasteiger partial charge on any atom is -0.393 e. The number of aromatic nitrogens is 2. The van der Waals surface area contributed by atoms with Gasteiger partial charge >= 0.3 is 0 Å². The Bertz CT molecular complexity index is 833. The lowest BCUT2D eigenvalue weighted by Gasteiger charge is -2.14. The van der Waals surface area contributed by atoms with Crippen LogP contribution in [-0.4, -0.2) is 9.97 Å². The third kappa shape index (κ3) is 3.58. The largest absolute Gasteiger partial charge is 0.393 e. The van der Waals surface area contributed by atoms with Crippen LogP contribution in [0.25, 0.3) is 0 Å². The van der Waals surface area contributed by atoms with E-state index in [0.29, 0.717) is 22.3 Å². The van der Waals surface area contributed by atoms with E-state index in [4.69, 9.17) is 17.3 Å². The van der Waals surface area contributed by atoms with Crippen molar-refractivity contribution in [2.45, 2.75) is 13.3 Å². The highest BCUT2D eigenvalue weighted by Gasteiger charge is 2.10. The average Bonchev–Trinajstić information content (AvgIpc) is 2.61. The number of nitrogens with zero attached hydrogens (tertiary/aromatic N) is 2. The number of para-hydroxylation sites is 1. The molecule has 1 aromatic heterocycles. The standard InChI is InChI=1S/C18H18ClN5/c1-2-12-5-3-4-6-15(12)24-18-16(20)17(21-11-22-18)23-14-9-7-13(19)8-10-14/h3-11H,2,20H2,1H3,(H2,21,22,23,24). The van der Waals surface area contributed by atoms with Crippen molar-refractivity contribution in [1.82, 2.24) is 9.97 Å². The van der Waals surface area contributed by atoms with E-state index in [-0.39, 0.29) is 0 Å². The first kappa shape index (κ1) is 16.1. The normalized spacial score (nSPS) is 10.4. The summed E-state index contributed by atoms with van der Waals surface area (Å²) in [5, 5.41) is 7.14. The van der Waals surface area contributed by atoms with Crippen molar-refractivity contribution in [2.75, 3.05) is 16.4 Å². The summed E-state index contributed by atoms with van der Waals surface area (Å²) in [5.41, 5.74) is 9.72. The molecule has 4 N–H and O–H groups in total. The number of nitrogen functional groups attached to an aromatic ring is 1. The molecular weight excluding hydrogens is 322 g/mol. The van der Waals surface area contributed by atoms with Crippen LogP contribution in [0, 0.1) is 0 Å². The van der Waals surface area contributed by atoms with E-state index >= 15 is 0 Å². The molecule has 0 aliphatic carbocycles. The molecule has 0 atom stereocenters. The van der Waals surface area contributed by atoms with Gasteiger partial charge in [0.05, 0.1) is 0 Å². The monoisotopic (exact) mass is 339 g/mol. The Hall–Kier alpha value is -2.79. The van der Waals surface area contributed by atoms with E-state index in [1.54, 1.807) is 12.1 Å². The predicted molar refractivity (Wildman–Crippen MR) is 100 cm³/mol. The molecule has 24 heavy (non-hydrogen) atoms. The molecule has 0 unspecified atom stereocenters. The van der Waals surface area contributed by atoms with Crippen molar-refractivity contribution in [3.63, 3.8) is 0 Å². The van der Waals surface area contributed by atoms with Gasteiger partial charge in [0.25, 0.3) is 0 Å². The zero-order valence-corrected chi connectivity index (χ0v) is 14.0. The maximum Gasteiger partial charge on any atom is 0.159 e. The number of benzene rings is 2. The Morgan fingerprint density at radius 2 is 1.62 bits per heavy atom. The second kappa shape index (κ2) is 7.19. The average molecular weight is 340 g/mol. The van der Waals surface area contributed by atoms with Crippen molar-refractivity contribution >= 4 is 40.3 Å². The molecule has 0 bridgehead atoms. The Morgan fingerprint density at radius 1 is 0.958 bits per heavy atom. The lowest BCUT2D eigenvalue weighted by atomic mass is 10.1. The van der Waals surface area contributed by atoms with Crippen molar-refractivity contribution < 1.29 is 0 Å². The summed E-state index contributed by atoms with van der Waals surface area (Å²) in [7, 11) is 0. The highest BCUT2D eigenvalue weighted by molar-refractivity contribution is 6.30. The maximum atomic E-state index is 6.22. The summed E-state index contributed by atoms with van der Waals surface area (Å²) in [5.74, 6) is 1.12. The summed E-state index contributed by atoms with van der Waals surface area (Å²) < 4.78 is 0. The van der Waals surface area contributed by atoms with E-state index in [0.717, 1.165) is 17.8 Å². The number of anilines is 5. The van der Waals surface area contributed by atoms with Crippen molar-refractivity contribution in [3.05, 3.63) is 65.4 Å². The second-order valence-corrected chi connectivity index (χ2v) is 5.69. The van der Waals surface area contributed by atoms with Crippen LogP contribution in [0.4, 0.5) is 28.7 Å². The van der Waals surface area contributed by atoms with Gasteiger partial charge < -0.3 is 16.4 Å². The van der Waals surface area contributed by atoms with Crippen LogP contribution in [0.5, 0.6) is 0 Å². The number of nitrogens with one attached hydrogen (secondary N) is 2. The summed E-state index contributed by atoms with van der Waals surface area (Å²) >= 11 is 5.90. The molecule has 6 heteroatoms. The number of hydrogen-bond acceptors (Lipinski definition) is 5. The van der Waals surface area contributed by atoms with Gasteiger partial charge in [-0.3, -0.25) is 0 Å². The van der Waals surface area contributed by atoms with E-state index < -0.39 is 0 Å². The first-order valence-corrected chi connectivity index (χ1v) is 8.03. The van der Waals surface area contributed by atoms with E-state index in [1.807, 2.05) is 30.3 Å². The molecule has 0 saturated heterocycles. The van der Waals surface area contributed by atoms with Gasteiger partial charge in [0.15, 0.2) is 11.6 Å². The molecule has 0 fully saturated rings. The van der Waals surface area contributed by atoms with Crippen molar-refractivity contribution in [2.24, 2.45) is 0 Å². The van der Waals surface area contributed by atoms with Crippen molar-refractivity contribution in [1.29, 1.82) is 0 Å². The Morgan fingerprint density at radius 3 is 2.33 bits per heavy atom. The van der Waals surface area contributed by atoms with Crippen LogP contribution in [-0.2, 0) is 6.42 Å². The summed E-state index contributed by atoms with van der Waals surface area (Å²) in [4.78, 5) is 8.48. The van der Waals surface area contributed by atoms with Gasteiger partial charge in [0, 0.05) is 16.4 Å².